The van der Waals surface area contributed by atoms with Crippen molar-refractivity contribution in [3.05, 3.63) is 59.7 Å². The van der Waals surface area contributed by atoms with Crippen LogP contribution in [0.2, 0.25) is 0 Å². The summed E-state index contributed by atoms with van der Waals surface area (Å²) in [6.07, 6.45) is 0.903. The van der Waals surface area contributed by atoms with Crippen LogP contribution < -0.4 is 10.6 Å². The van der Waals surface area contributed by atoms with E-state index in [-0.39, 0.29) is 5.91 Å². The zero-order chi connectivity index (χ0) is 18.9. The van der Waals surface area contributed by atoms with Gasteiger partial charge in [-0.25, -0.2) is 0 Å². The van der Waals surface area contributed by atoms with Gasteiger partial charge in [-0.1, -0.05) is 36.4 Å². The summed E-state index contributed by atoms with van der Waals surface area (Å²) in [5.74, 6) is 0.0331. The Morgan fingerprint density at radius 1 is 1.07 bits per heavy atom. The molecule has 0 unspecified atom stereocenters. The summed E-state index contributed by atoms with van der Waals surface area (Å²) >= 11 is 0. The van der Waals surface area contributed by atoms with Crippen molar-refractivity contribution in [1.29, 1.82) is 0 Å². The molecule has 28 heavy (non-hydrogen) atoms. The molecule has 2 aromatic carbocycles. The fourth-order valence-corrected chi connectivity index (χ4v) is 4.09. The molecule has 2 aliphatic rings. The molecule has 1 aliphatic heterocycles. The van der Waals surface area contributed by atoms with Crippen molar-refractivity contribution in [2.24, 2.45) is 0 Å². The van der Waals surface area contributed by atoms with Gasteiger partial charge >= 0.3 is 0 Å². The van der Waals surface area contributed by atoms with E-state index < -0.39 is 0 Å². The topological polar surface area (TPSA) is 73.1 Å². The summed E-state index contributed by atoms with van der Waals surface area (Å²) in [5.41, 5.74) is 7.82. The smallest absolute Gasteiger partial charge is 0.238 e. The first-order chi connectivity index (χ1) is 13.8. The van der Waals surface area contributed by atoms with Crippen LogP contribution in [0.4, 0.5) is 5.69 Å². The maximum Gasteiger partial charge on any atom is 0.238 e. The molecular formula is C22H23N5O. The summed E-state index contributed by atoms with van der Waals surface area (Å²) in [5, 5.41) is 14.1. The molecule has 0 saturated carbocycles. The van der Waals surface area contributed by atoms with Crippen molar-refractivity contribution >= 4 is 11.6 Å². The predicted octanol–water partition coefficient (Wildman–Crippen LogP) is 2.49. The quantitative estimate of drug-likeness (QED) is 0.514. The molecule has 0 radical (unpaired) electrons. The molecule has 6 nitrogen and oxygen atoms in total. The van der Waals surface area contributed by atoms with E-state index in [0.29, 0.717) is 6.54 Å². The van der Waals surface area contributed by atoms with Crippen molar-refractivity contribution < 1.29 is 4.79 Å². The maximum atomic E-state index is 12.3. The largest absolute Gasteiger partial charge is 0.325 e. The second-order valence-corrected chi connectivity index (χ2v) is 7.41. The molecule has 0 spiro atoms. The maximum absolute atomic E-state index is 12.3. The Morgan fingerprint density at radius 3 is 2.68 bits per heavy atom. The first-order valence-electron chi connectivity index (χ1n) is 9.77. The molecule has 3 aromatic rings. The number of piperazine rings is 1. The lowest BCUT2D eigenvalue weighted by molar-refractivity contribution is -0.117. The van der Waals surface area contributed by atoms with Crippen LogP contribution in [-0.2, 0) is 11.2 Å². The van der Waals surface area contributed by atoms with Crippen LogP contribution in [-0.4, -0.2) is 53.7 Å². The first kappa shape index (κ1) is 17.2. The van der Waals surface area contributed by atoms with Crippen LogP contribution in [0.15, 0.2) is 48.5 Å². The van der Waals surface area contributed by atoms with Crippen molar-refractivity contribution in [2.45, 2.75) is 6.42 Å². The highest BCUT2D eigenvalue weighted by molar-refractivity contribution is 5.92. The van der Waals surface area contributed by atoms with Gasteiger partial charge in [0.15, 0.2) is 0 Å². The van der Waals surface area contributed by atoms with Crippen LogP contribution in [0, 0.1) is 0 Å². The van der Waals surface area contributed by atoms with Crippen molar-refractivity contribution in [3.63, 3.8) is 0 Å². The highest BCUT2D eigenvalue weighted by Gasteiger charge is 2.24. The van der Waals surface area contributed by atoms with Gasteiger partial charge in [0.2, 0.25) is 5.91 Å². The Hall–Kier alpha value is -2.96. The number of nitrogens with zero attached hydrogens (tertiary/aromatic N) is 2. The normalized spacial score (nSPS) is 15.9. The summed E-state index contributed by atoms with van der Waals surface area (Å²) in [7, 11) is 0. The van der Waals surface area contributed by atoms with Gasteiger partial charge in [-0.05, 0) is 17.7 Å². The minimum Gasteiger partial charge on any atom is -0.325 e. The first-order valence-corrected chi connectivity index (χ1v) is 9.77. The van der Waals surface area contributed by atoms with E-state index in [9.17, 15) is 4.79 Å². The van der Waals surface area contributed by atoms with Gasteiger partial charge in [-0.2, -0.15) is 5.10 Å². The Kier molecular flexibility index (Phi) is 4.43. The number of H-pyrrole nitrogens is 1. The molecule has 1 aliphatic carbocycles. The number of aromatic nitrogens is 2. The number of carbonyl (C=O) groups excluding carboxylic acids is 1. The summed E-state index contributed by atoms with van der Waals surface area (Å²) in [6.45, 7) is 4.16. The molecule has 0 bridgehead atoms. The van der Waals surface area contributed by atoms with Gasteiger partial charge < -0.3 is 10.6 Å². The standard InChI is InChI=1S/C22H23N5O/c28-20(14-27-11-9-23-10-12-27)24-17-7-5-15(6-8-17)21-19-13-16-3-1-2-4-18(16)22(19)26-25-21/h1-8,23H,9-14H2,(H,24,28)(H,25,26). The highest BCUT2D eigenvalue weighted by atomic mass is 16.2. The number of hydrogen-bond acceptors (Lipinski definition) is 4. The molecule has 1 saturated heterocycles. The van der Waals surface area contributed by atoms with E-state index in [1.54, 1.807) is 0 Å². The van der Waals surface area contributed by atoms with Crippen LogP contribution in [0.1, 0.15) is 11.1 Å². The predicted molar refractivity (Wildman–Crippen MR) is 110 cm³/mol. The number of amides is 1. The monoisotopic (exact) mass is 373 g/mol. The van der Waals surface area contributed by atoms with Crippen molar-refractivity contribution in [3.8, 4) is 22.5 Å². The lowest BCUT2D eigenvalue weighted by Crippen LogP contribution is -2.46. The van der Waals surface area contributed by atoms with E-state index in [2.05, 4.69) is 50.0 Å². The Labute approximate surface area is 164 Å². The summed E-state index contributed by atoms with van der Waals surface area (Å²) in [6, 6.07) is 16.4. The minimum absolute atomic E-state index is 0.0331. The molecule has 1 fully saturated rings. The van der Waals surface area contributed by atoms with Gasteiger partial charge in [-0.3, -0.25) is 14.8 Å². The molecule has 3 N–H and O–H groups in total. The van der Waals surface area contributed by atoms with E-state index in [1.165, 1.54) is 16.7 Å². The van der Waals surface area contributed by atoms with E-state index >= 15 is 0 Å². The third-order valence-electron chi connectivity index (χ3n) is 5.54. The van der Waals surface area contributed by atoms with Crippen LogP contribution in [0.3, 0.4) is 0 Å². The van der Waals surface area contributed by atoms with Gasteiger partial charge in [0.25, 0.3) is 0 Å². The van der Waals surface area contributed by atoms with Crippen molar-refractivity contribution in [1.82, 2.24) is 20.4 Å². The highest BCUT2D eigenvalue weighted by Crippen LogP contribution is 2.39. The number of fused-ring (bicyclic) bond motifs is 3. The van der Waals surface area contributed by atoms with Crippen LogP contribution in [0.5, 0.6) is 0 Å². The number of nitrogens with one attached hydrogen (secondary N) is 3. The van der Waals surface area contributed by atoms with Crippen molar-refractivity contribution in [2.75, 3.05) is 38.0 Å². The summed E-state index contributed by atoms with van der Waals surface area (Å²) in [4.78, 5) is 14.5. The molecule has 1 amide bonds. The van der Waals surface area contributed by atoms with Crippen LogP contribution >= 0.6 is 0 Å². The molecule has 6 heteroatoms. The Morgan fingerprint density at radius 2 is 1.86 bits per heavy atom. The number of anilines is 1. The number of benzene rings is 2. The average molecular weight is 373 g/mol. The summed E-state index contributed by atoms with van der Waals surface area (Å²) < 4.78 is 0. The van der Waals surface area contributed by atoms with Gasteiger partial charge in [0, 0.05) is 55.0 Å². The molecule has 0 atom stereocenters. The zero-order valence-corrected chi connectivity index (χ0v) is 15.7. The van der Waals surface area contributed by atoms with Gasteiger partial charge in [0.1, 0.15) is 0 Å². The number of aromatic amines is 1. The fraction of sp³-hybridized carbons (Fsp3) is 0.273. The third kappa shape index (κ3) is 3.21. The van der Waals surface area contributed by atoms with E-state index in [4.69, 9.17) is 0 Å². The molecule has 1 aromatic heterocycles. The lowest BCUT2D eigenvalue weighted by atomic mass is 10.1. The molecular weight excluding hydrogens is 350 g/mol. The second-order valence-electron chi connectivity index (χ2n) is 7.41. The molecule has 2 heterocycles. The fourth-order valence-electron chi connectivity index (χ4n) is 4.09. The number of rotatable bonds is 4. The SMILES string of the molecule is O=C(CN1CCNCC1)Nc1ccc(-c2n[nH]c3c2Cc2ccccc2-3)cc1. The minimum atomic E-state index is 0.0331. The lowest BCUT2D eigenvalue weighted by Gasteiger charge is -2.26. The van der Waals surface area contributed by atoms with Gasteiger partial charge in [0.05, 0.1) is 17.9 Å². The Bertz CT molecular complexity index is 1000. The zero-order valence-electron chi connectivity index (χ0n) is 15.7. The number of hydrogen-bond donors (Lipinski definition) is 3. The second kappa shape index (κ2) is 7.22. The number of carbonyl (C=O) groups is 1. The average Bonchev–Trinajstić information content (AvgIpc) is 3.29. The van der Waals surface area contributed by atoms with E-state index in [0.717, 1.165) is 55.2 Å². The third-order valence-corrected chi connectivity index (χ3v) is 5.54. The van der Waals surface area contributed by atoms with Gasteiger partial charge in [-0.15, -0.1) is 0 Å². The Balaban J connectivity index is 1.29. The molecule has 142 valence electrons. The molecule has 5 rings (SSSR count). The van der Waals surface area contributed by atoms with E-state index in [1.807, 2.05) is 24.3 Å². The van der Waals surface area contributed by atoms with Crippen LogP contribution in [0.25, 0.3) is 22.5 Å².